The van der Waals surface area contributed by atoms with Crippen LogP contribution in [-0.4, -0.2) is 60.9 Å². The molecule has 0 radical (unpaired) electrons. The summed E-state index contributed by atoms with van der Waals surface area (Å²) in [6.07, 6.45) is 6.45. The Kier molecular flexibility index (Phi) is 5.62. The molecule has 0 spiro atoms. The molecule has 2 aliphatic rings. The number of nitrogens with one attached hydrogen (secondary N) is 1. The molecule has 1 N–H and O–H groups in total. The Morgan fingerprint density at radius 1 is 1.14 bits per heavy atom. The highest BCUT2D eigenvalue weighted by atomic mass is 16.2. The highest BCUT2D eigenvalue weighted by Crippen LogP contribution is 2.23. The van der Waals surface area contributed by atoms with Crippen LogP contribution in [-0.2, 0) is 9.59 Å². The lowest BCUT2D eigenvalue weighted by molar-refractivity contribution is -0.134. The fourth-order valence-corrected chi connectivity index (χ4v) is 3.46. The maximum Gasteiger partial charge on any atom is 0.239 e. The number of carbonyl (C=O) groups is 2. The second kappa shape index (κ2) is 7.25. The van der Waals surface area contributed by atoms with Crippen LogP contribution in [0.2, 0.25) is 0 Å². The Morgan fingerprint density at radius 3 is 2.43 bits per heavy atom. The molecule has 2 rings (SSSR count). The van der Waals surface area contributed by atoms with Crippen molar-refractivity contribution in [1.29, 1.82) is 0 Å². The number of amides is 2. The monoisotopic (exact) mass is 295 g/mol. The highest BCUT2D eigenvalue weighted by Gasteiger charge is 2.33. The van der Waals surface area contributed by atoms with Crippen molar-refractivity contribution in [3.05, 3.63) is 0 Å². The standard InChI is InChI=1S/C16H29N3O2/c1-12-6-8-13(9-7-12)17-15(20)11-19-10-4-5-14(19)16(21)18(2)3/h12-14H,4-11H2,1-3H3,(H,17,20). The van der Waals surface area contributed by atoms with Crippen LogP contribution in [0.15, 0.2) is 0 Å². The van der Waals surface area contributed by atoms with E-state index >= 15 is 0 Å². The Bertz CT molecular complexity index is 376. The van der Waals surface area contributed by atoms with Crippen LogP contribution in [0, 0.1) is 5.92 Å². The molecule has 120 valence electrons. The van der Waals surface area contributed by atoms with Gasteiger partial charge in [0.15, 0.2) is 0 Å². The minimum Gasteiger partial charge on any atom is -0.352 e. The van der Waals surface area contributed by atoms with Crippen molar-refractivity contribution < 1.29 is 9.59 Å². The molecule has 2 amide bonds. The van der Waals surface area contributed by atoms with E-state index in [2.05, 4.69) is 12.2 Å². The van der Waals surface area contributed by atoms with Gasteiger partial charge in [-0.3, -0.25) is 14.5 Å². The van der Waals surface area contributed by atoms with Gasteiger partial charge >= 0.3 is 0 Å². The van der Waals surface area contributed by atoms with Crippen molar-refractivity contribution in [2.24, 2.45) is 5.92 Å². The summed E-state index contributed by atoms with van der Waals surface area (Å²) < 4.78 is 0. The van der Waals surface area contributed by atoms with E-state index in [9.17, 15) is 9.59 Å². The van der Waals surface area contributed by atoms with Gasteiger partial charge in [-0.05, 0) is 51.0 Å². The van der Waals surface area contributed by atoms with Crippen molar-refractivity contribution in [3.63, 3.8) is 0 Å². The number of rotatable bonds is 4. The summed E-state index contributed by atoms with van der Waals surface area (Å²) in [6.45, 7) is 3.48. The zero-order valence-electron chi connectivity index (χ0n) is 13.6. The quantitative estimate of drug-likeness (QED) is 0.849. The first-order valence-electron chi connectivity index (χ1n) is 8.22. The van der Waals surface area contributed by atoms with Crippen molar-refractivity contribution in [2.45, 2.75) is 57.5 Å². The minimum absolute atomic E-state index is 0.0769. The van der Waals surface area contributed by atoms with E-state index in [4.69, 9.17) is 0 Å². The van der Waals surface area contributed by atoms with E-state index in [1.54, 1.807) is 19.0 Å². The molecule has 1 saturated carbocycles. The van der Waals surface area contributed by atoms with Gasteiger partial charge in [-0.15, -0.1) is 0 Å². The van der Waals surface area contributed by atoms with Gasteiger partial charge in [-0.25, -0.2) is 0 Å². The Balaban J connectivity index is 1.80. The number of carbonyl (C=O) groups excluding carboxylic acids is 2. The minimum atomic E-state index is -0.114. The van der Waals surface area contributed by atoms with Crippen LogP contribution in [0.5, 0.6) is 0 Å². The predicted octanol–water partition coefficient (Wildman–Crippen LogP) is 1.23. The van der Waals surface area contributed by atoms with Crippen LogP contribution >= 0.6 is 0 Å². The molecule has 0 bridgehead atoms. The average molecular weight is 295 g/mol. The summed E-state index contributed by atoms with van der Waals surface area (Å²) in [5.74, 6) is 0.985. The molecular formula is C16H29N3O2. The Hall–Kier alpha value is -1.10. The van der Waals surface area contributed by atoms with Gasteiger partial charge in [-0.1, -0.05) is 6.92 Å². The lowest BCUT2D eigenvalue weighted by Crippen LogP contribution is -2.48. The SMILES string of the molecule is CC1CCC(NC(=O)CN2CCCC2C(=O)N(C)C)CC1. The zero-order valence-corrected chi connectivity index (χ0v) is 13.6. The number of likely N-dealkylation sites (tertiary alicyclic amines) is 1. The van der Waals surface area contributed by atoms with Gasteiger partial charge in [0.05, 0.1) is 12.6 Å². The first-order chi connectivity index (χ1) is 9.97. The second-order valence-electron chi connectivity index (χ2n) is 6.89. The third kappa shape index (κ3) is 4.43. The number of nitrogens with zero attached hydrogens (tertiary/aromatic N) is 2. The van der Waals surface area contributed by atoms with Crippen LogP contribution in [0.1, 0.15) is 45.4 Å². The molecule has 1 saturated heterocycles. The molecule has 2 fully saturated rings. The van der Waals surface area contributed by atoms with Crippen molar-refractivity contribution in [1.82, 2.24) is 15.1 Å². The third-order valence-corrected chi connectivity index (χ3v) is 4.82. The van der Waals surface area contributed by atoms with Crippen LogP contribution in [0.3, 0.4) is 0 Å². The van der Waals surface area contributed by atoms with Crippen LogP contribution in [0.4, 0.5) is 0 Å². The first kappa shape index (κ1) is 16.3. The molecule has 1 unspecified atom stereocenters. The van der Waals surface area contributed by atoms with Gasteiger partial charge in [0.2, 0.25) is 11.8 Å². The maximum absolute atomic E-state index is 12.2. The summed E-state index contributed by atoms with van der Waals surface area (Å²) in [4.78, 5) is 28.0. The molecular weight excluding hydrogens is 266 g/mol. The molecule has 0 aromatic carbocycles. The van der Waals surface area contributed by atoms with E-state index < -0.39 is 0 Å². The predicted molar refractivity (Wildman–Crippen MR) is 82.9 cm³/mol. The summed E-state index contributed by atoms with van der Waals surface area (Å²) in [7, 11) is 3.56. The smallest absolute Gasteiger partial charge is 0.239 e. The molecule has 1 aliphatic carbocycles. The fourth-order valence-electron chi connectivity index (χ4n) is 3.46. The largest absolute Gasteiger partial charge is 0.352 e. The number of hydrogen-bond donors (Lipinski definition) is 1. The molecule has 0 aromatic rings. The lowest BCUT2D eigenvalue weighted by Gasteiger charge is -2.29. The van der Waals surface area contributed by atoms with E-state index in [1.807, 2.05) is 4.90 Å². The number of likely N-dealkylation sites (N-methyl/N-ethyl adjacent to an activating group) is 1. The van der Waals surface area contributed by atoms with Crippen molar-refractivity contribution >= 4 is 11.8 Å². The highest BCUT2D eigenvalue weighted by molar-refractivity contribution is 5.83. The normalized spacial score (nSPS) is 30.1. The topological polar surface area (TPSA) is 52.7 Å². The summed E-state index contributed by atoms with van der Waals surface area (Å²) in [6, 6.07) is 0.219. The molecule has 1 aliphatic heterocycles. The summed E-state index contributed by atoms with van der Waals surface area (Å²) in [5, 5.41) is 3.15. The fraction of sp³-hybridized carbons (Fsp3) is 0.875. The second-order valence-corrected chi connectivity index (χ2v) is 6.89. The van der Waals surface area contributed by atoms with Gasteiger partial charge < -0.3 is 10.2 Å². The summed E-state index contributed by atoms with van der Waals surface area (Å²) >= 11 is 0. The van der Waals surface area contributed by atoms with Crippen molar-refractivity contribution in [2.75, 3.05) is 27.2 Å². The van der Waals surface area contributed by atoms with Gasteiger partial charge in [0, 0.05) is 20.1 Å². The third-order valence-electron chi connectivity index (χ3n) is 4.82. The maximum atomic E-state index is 12.2. The average Bonchev–Trinajstić information content (AvgIpc) is 2.88. The van der Waals surface area contributed by atoms with E-state index in [0.717, 1.165) is 38.1 Å². The Morgan fingerprint density at radius 2 is 1.81 bits per heavy atom. The molecule has 1 atom stereocenters. The van der Waals surface area contributed by atoms with Gasteiger partial charge in [0.1, 0.15) is 0 Å². The van der Waals surface area contributed by atoms with Crippen molar-refractivity contribution in [3.8, 4) is 0 Å². The van der Waals surface area contributed by atoms with E-state index in [0.29, 0.717) is 12.6 Å². The van der Waals surface area contributed by atoms with Crippen LogP contribution < -0.4 is 5.32 Å². The Labute approximate surface area is 128 Å². The first-order valence-corrected chi connectivity index (χ1v) is 8.22. The van der Waals surface area contributed by atoms with Gasteiger partial charge in [-0.2, -0.15) is 0 Å². The molecule has 0 aromatic heterocycles. The number of hydrogen-bond acceptors (Lipinski definition) is 3. The van der Waals surface area contributed by atoms with Gasteiger partial charge in [0.25, 0.3) is 0 Å². The zero-order chi connectivity index (χ0) is 15.4. The van der Waals surface area contributed by atoms with E-state index in [1.165, 1.54) is 12.8 Å². The lowest BCUT2D eigenvalue weighted by atomic mass is 9.87. The summed E-state index contributed by atoms with van der Waals surface area (Å²) in [5.41, 5.74) is 0. The van der Waals surface area contributed by atoms with E-state index in [-0.39, 0.29) is 17.9 Å². The molecule has 21 heavy (non-hydrogen) atoms. The molecule has 1 heterocycles. The molecule has 5 heteroatoms. The van der Waals surface area contributed by atoms with Crippen LogP contribution in [0.25, 0.3) is 0 Å². The molecule has 5 nitrogen and oxygen atoms in total.